The number of nitrogens with two attached hydrogens (primary N) is 1. The lowest BCUT2D eigenvalue weighted by molar-refractivity contribution is -0.384. The van der Waals surface area contributed by atoms with E-state index in [2.05, 4.69) is 10.0 Å². The van der Waals surface area contributed by atoms with Crippen LogP contribution in [0, 0.1) is 22.0 Å². The summed E-state index contributed by atoms with van der Waals surface area (Å²) in [5.41, 5.74) is -0.390. The minimum absolute atomic E-state index is 0. The summed E-state index contributed by atoms with van der Waals surface area (Å²) in [6.45, 7) is 3.89. The van der Waals surface area contributed by atoms with Gasteiger partial charge in [0.1, 0.15) is 5.70 Å². The Kier molecular flexibility index (Phi) is 13.4. The van der Waals surface area contributed by atoms with Crippen LogP contribution in [-0.4, -0.2) is 98.1 Å². The summed E-state index contributed by atoms with van der Waals surface area (Å²) in [5.74, 6) is -5.05. The number of nitrogens with one attached hydrogen (secondary N) is 2. The first-order chi connectivity index (χ1) is 20.7. The number of carbonyl (C=O) groups excluding carboxylic acids is 3. The minimum atomic E-state index is -3.85. The Hall–Kier alpha value is -2.59. The molecule has 0 unspecified atom stereocenters. The standard InChI is InChI=1S/C22H27N5O9S2.C2HCl3O2.H2O/c1-10-17-16(11(2)28)20(29)26(17)18(19(10)37-15-7-13(24-9-15)8-25-38(23,34)35)22(31)36-21(30)12-3-5-14(6-4-12)27(32)33;3-2(4,5)1(6)7;/h3-6,10-11,13,15-17,24-25,28H,7-9H2,1-2H3,(H2,23,34,35);(H,6,7);1H2/t10-,11-,13+,15+,16-,17-;;/m1../s1. The third-order valence-electron chi connectivity index (χ3n) is 7.05. The van der Waals surface area contributed by atoms with Crippen LogP contribution in [0.4, 0.5) is 5.69 Å². The summed E-state index contributed by atoms with van der Waals surface area (Å²) in [6.07, 6.45) is -0.414. The molecule has 3 aliphatic rings. The molecule has 3 heterocycles. The van der Waals surface area contributed by atoms with Gasteiger partial charge in [0.05, 0.1) is 28.6 Å². The van der Waals surface area contributed by atoms with Gasteiger partial charge in [-0.1, -0.05) is 41.7 Å². The number of benzene rings is 1. The maximum absolute atomic E-state index is 13.2. The predicted octanol–water partition coefficient (Wildman–Crippen LogP) is 0.221. The topological polar surface area (TPSA) is 280 Å². The third kappa shape index (κ3) is 9.49. The number of amides is 1. The zero-order valence-corrected chi connectivity index (χ0v) is 27.8. The van der Waals surface area contributed by atoms with Crippen molar-refractivity contribution in [2.24, 2.45) is 17.0 Å². The molecule has 1 amide bonds. The predicted molar refractivity (Wildman–Crippen MR) is 166 cm³/mol. The number of hydrogen-bond acceptors (Lipinski definition) is 12. The highest BCUT2D eigenvalue weighted by molar-refractivity contribution is 8.03. The first-order valence-electron chi connectivity index (χ1n) is 13.0. The fourth-order valence-corrected chi connectivity index (χ4v) is 6.95. The zero-order chi connectivity index (χ0) is 34.0. The van der Waals surface area contributed by atoms with Gasteiger partial charge in [0.2, 0.25) is 5.91 Å². The van der Waals surface area contributed by atoms with Gasteiger partial charge in [0.25, 0.3) is 19.7 Å². The second-order valence-electron chi connectivity index (χ2n) is 10.2. The number of thioether (sulfide) groups is 1. The molecule has 2 fully saturated rings. The third-order valence-corrected chi connectivity index (χ3v) is 9.62. The maximum Gasteiger partial charge on any atom is 0.363 e. The summed E-state index contributed by atoms with van der Waals surface area (Å²) in [5, 5.41) is 36.9. The van der Waals surface area contributed by atoms with Gasteiger partial charge in [0.15, 0.2) is 0 Å². The molecule has 0 spiro atoms. The van der Waals surface area contributed by atoms with Crippen molar-refractivity contribution in [1.29, 1.82) is 0 Å². The maximum atomic E-state index is 13.2. The van der Waals surface area contributed by atoms with Gasteiger partial charge in [-0.15, -0.1) is 11.8 Å². The average Bonchev–Trinajstić information content (AvgIpc) is 3.47. The molecule has 17 nitrogen and oxygen atoms in total. The number of hydrogen-bond donors (Lipinski definition) is 5. The van der Waals surface area contributed by atoms with Crippen LogP contribution < -0.4 is 15.2 Å². The highest BCUT2D eigenvalue weighted by Crippen LogP contribution is 2.52. The van der Waals surface area contributed by atoms with Crippen LogP contribution >= 0.6 is 46.6 Å². The summed E-state index contributed by atoms with van der Waals surface area (Å²) in [6, 6.07) is 3.85. The molecule has 0 radical (unpaired) electrons. The summed E-state index contributed by atoms with van der Waals surface area (Å²) in [7, 11) is -3.85. The lowest BCUT2D eigenvalue weighted by Crippen LogP contribution is -2.63. The summed E-state index contributed by atoms with van der Waals surface area (Å²) >= 11 is 15.7. The quantitative estimate of drug-likeness (QED) is 0.0565. The van der Waals surface area contributed by atoms with E-state index in [1.54, 1.807) is 0 Å². The Morgan fingerprint density at radius 1 is 1.26 bits per heavy atom. The molecular weight excluding hydrogens is 721 g/mol. The SMILES string of the molecule is C[C@@H](O)[C@H]1C(=O)N2C(C(=O)OC(=O)c3ccc([N+](=O)[O-])cc3)=C(S[C@@H]3CN[C@H](CNS(N)(=O)=O)C3)[C@H](C)[C@H]12.O.O=C(O)C(Cl)(Cl)Cl. The van der Waals surface area contributed by atoms with Gasteiger partial charge in [-0.3, -0.25) is 14.9 Å². The van der Waals surface area contributed by atoms with Crippen molar-refractivity contribution in [3.8, 4) is 0 Å². The molecule has 1 aromatic carbocycles. The van der Waals surface area contributed by atoms with Gasteiger partial charge in [-0.2, -0.15) is 8.42 Å². The van der Waals surface area contributed by atoms with Crippen molar-refractivity contribution in [1.82, 2.24) is 14.9 Å². The molecular formula is C24H30Cl3N5O12S2. The second-order valence-corrected chi connectivity index (χ2v) is 15.2. The Bertz CT molecular complexity index is 1500. The number of carboxylic acids is 1. The van der Waals surface area contributed by atoms with E-state index in [1.165, 1.54) is 23.6 Å². The number of β-lactam (4-membered cyclic amide) rings is 1. The number of rotatable bonds is 9. The second kappa shape index (κ2) is 15.5. The molecule has 0 saturated carbocycles. The number of ether oxygens (including phenoxy) is 1. The number of carboxylic acid groups (broad SMARTS) is 1. The Morgan fingerprint density at radius 2 is 1.83 bits per heavy atom. The summed E-state index contributed by atoms with van der Waals surface area (Å²) < 4.78 is 27.6. The molecule has 8 N–H and O–H groups in total. The highest BCUT2D eigenvalue weighted by Gasteiger charge is 2.60. The number of halogens is 3. The van der Waals surface area contributed by atoms with E-state index in [0.717, 1.165) is 24.3 Å². The molecule has 1 aromatic rings. The van der Waals surface area contributed by atoms with E-state index < -0.39 is 60.8 Å². The smallest absolute Gasteiger partial charge is 0.363 e. The van der Waals surface area contributed by atoms with E-state index in [0.29, 0.717) is 17.9 Å². The fraction of sp³-hybridized carbons (Fsp3) is 0.500. The Labute approximate surface area is 281 Å². The normalized spacial score (nSPS) is 24.5. The lowest BCUT2D eigenvalue weighted by atomic mass is 9.79. The number of aliphatic carboxylic acids is 1. The number of nitrogens with zero attached hydrogens (tertiary/aromatic N) is 2. The first kappa shape index (κ1) is 39.6. The number of non-ortho nitro benzene ring substituents is 1. The van der Waals surface area contributed by atoms with Crippen LogP contribution in [0.5, 0.6) is 0 Å². The minimum Gasteiger partial charge on any atom is -0.478 e. The van der Waals surface area contributed by atoms with Crippen LogP contribution in [0.1, 0.15) is 30.6 Å². The van der Waals surface area contributed by atoms with Gasteiger partial charge in [-0.05, 0) is 25.5 Å². The van der Waals surface area contributed by atoms with Crippen molar-refractivity contribution < 1.29 is 52.9 Å². The van der Waals surface area contributed by atoms with Gasteiger partial charge in [-0.25, -0.2) is 24.2 Å². The molecule has 3 aliphatic heterocycles. The van der Waals surface area contributed by atoms with Crippen LogP contribution in [0.3, 0.4) is 0 Å². The highest BCUT2D eigenvalue weighted by atomic mass is 35.6. The van der Waals surface area contributed by atoms with E-state index in [4.69, 9.17) is 49.8 Å². The van der Waals surface area contributed by atoms with Crippen molar-refractivity contribution in [2.75, 3.05) is 13.1 Å². The molecule has 22 heteroatoms. The number of carbonyl (C=O) groups is 4. The van der Waals surface area contributed by atoms with Gasteiger partial charge < -0.3 is 30.6 Å². The van der Waals surface area contributed by atoms with Gasteiger partial charge in [0, 0.05) is 47.3 Å². The van der Waals surface area contributed by atoms with E-state index >= 15 is 0 Å². The number of esters is 2. The average molecular weight is 751 g/mol. The molecule has 256 valence electrons. The summed E-state index contributed by atoms with van der Waals surface area (Å²) in [4.78, 5) is 60.4. The van der Waals surface area contributed by atoms with Gasteiger partial charge >= 0.3 is 17.9 Å². The number of alkyl halides is 3. The zero-order valence-electron chi connectivity index (χ0n) is 23.9. The molecule has 46 heavy (non-hydrogen) atoms. The molecule has 6 atom stereocenters. The Morgan fingerprint density at radius 3 is 2.30 bits per heavy atom. The number of nitro groups is 1. The van der Waals surface area contributed by atoms with E-state index in [1.807, 2.05) is 6.92 Å². The number of aliphatic hydroxyl groups excluding tert-OH is 1. The number of nitro benzene ring substituents is 1. The van der Waals surface area contributed by atoms with Crippen molar-refractivity contribution in [2.45, 2.75) is 47.5 Å². The molecule has 0 aromatic heterocycles. The molecule has 0 bridgehead atoms. The van der Waals surface area contributed by atoms with Crippen LogP contribution in [0.15, 0.2) is 34.9 Å². The number of aliphatic hydroxyl groups is 1. The first-order valence-corrected chi connectivity index (χ1v) is 16.5. The van der Waals surface area contributed by atoms with Crippen molar-refractivity contribution in [3.63, 3.8) is 0 Å². The van der Waals surface area contributed by atoms with E-state index in [9.17, 15) is 42.8 Å². The van der Waals surface area contributed by atoms with Crippen molar-refractivity contribution >= 4 is 86.3 Å². The van der Waals surface area contributed by atoms with Crippen LogP contribution in [0.2, 0.25) is 0 Å². The van der Waals surface area contributed by atoms with Crippen LogP contribution in [0.25, 0.3) is 0 Å². The molecule has 4 rings (SSSR count). The monoisotopic (exact) mass is 749 g/mol. The largest absolute Gasteiger partial charge is 0.478 e. The van der Waals surface area contributed by atoms with Crippen molar-refractivity contribution in [3.05, 3.63) is 50.5 Å². The molecule has 0 aliphatic carbocycles. The fourth-order valence-electron chi connectivity index (χ4n) is 5.00. The lowest BCUT2D eigenvalue weighted by Gasteiger charge is -2.46. The van der Waals surface area contributed by atoms with E-state index in [-0.39, 0.29) is 46.2 Å². The number of fused-ring (bicyclic) bond motifs is 1. The Balaban J connectivity index is 0.000000827. The molecule has 2 saturated heterocycles. The van der Waals surface area contributed by atoms with Crippen LogP contribution in [-0.2, 0) is 29.3 Å².